The molecule has 0 atom stereocenters. The maximum absolute atomic E-state index is 12.7. The number of nitrogens with two attached hydrogens (primary N) is 1. The molecule has 26 heavy (non-hydrogen) atoms. The van der Waals surface area contributed by atoms with Crippen LogP contribution in [0.15, 0.2) is 35.1 Å². The van der Waals surface area contributed by atoms with Crippen LogP contribution in [0.2, 0.25) is 0 Å². The first kappa shape index (κ1) is 20.3. The summed E-state index contributed by atoms with van der Waals surface area (Å²) in [6, 6.07) is 2.78. The van der Waals surface area contributed by atoms with Crippen LogP contribution in [0.25, 0.3) is 0 Å². The van der Waals surface area contributed by atoms with E-state index in [1.165, 1.54) is 29.7 Å². The number of methoxy groups -OCH3 is 1. The van der Waals surface area contributed by atoms with E-state index in [1.54, 1.807) is 0 Å². The highest BCUT2D eigenvalue weighted by Crippen LogP contribution is 2.25. The number of hydrogen-bond donors (Lipinski definition) is 1. The zero-order valence-corrected chi connectivity index (χ0v) is 15.2. The SMILES string of the molecule is COC(=O)C1CCN(S(=O)(=O)c2ccc(OC/C(=C\F)CN)nc2)CC1. The van der Waals surface area contributed by atoms with Gasteiger partial charge in [0.1, 0.15) is 11.5 Å². The van der Waals surface area contributed by atoms with Gasteiger partial charge in [-0.25, -0.2) is 17.8 Å². The molecule has 8 nitrogen and oxygen atoms in total. The molecule has 0 unspecified atom stereocenters. The van der Waals surface area contributed by atoms with E-state index in [0.717, 1.165) is 0 Å². The van der Waals surface area contributed by atoms with Gasteiger partial charge in [0.05, 0.1) is 25.6 Å². The van der Waals surface area contributed by atoms with Gasteiger partial charge in [0.2, 0.25) is 15.9 Å². The molecule has 144 valence electrons. The van der Waals surface area contributed by atoms with E-state index in [9.17, 15) is 17.6 Å². The number of ether oxygens (including phenoxy) is 2. The zero-order valence-electron chi connectivity index (χ0n) is 14.4. The molecule has 0 amide bonds. The molecule has 2 N–H and O–H groups in total. The van der Waals surface area contributed by atoms with E-state index in [0.29, 0.717) is 19.2 Å². The summed E-state index contributed by atoms with van der Waals surface area (Å²) in [5.41, 5.74) is 5.59. The number of pyridine rings is 1. The number of carbonyl (C=O) groups excluding carboxylic acids is 1. The Morgan fingerprint density at radius 1 is 1.42 bits per heavy atom. The lowest BCUT2D eigenvalue weighted by molar-refractivity contribution is -0.146. The molecule has 0 aromatic carbocycles. The van der Waals surface area contributed by atoms with Crippen LogP contribution in [0, 0.1) is 5.92 Å². The van der Waals surface area contributed by atoms with Gasteiger partial charge in [-0.15, -0.1) is 0 Å². The van der Waals surface area contributed by atoms with Crippen LogP contribution in [0.3, 0.4) is 0 Å². The molecule has 10 heteroatoms. The molecule has 1 aliphatic heterocycles. The molecule has 1 aromatic rings. The lowest BCUT2D eigenvalue weighted by atomic mass is 9.99. The van der Waals surface area contributed by atoms with Crippen molar-refractivity contribution in [2.75, 3.05) is 33.4 Å². The number of carbonyl (C=O) groups is 1. The van der Waals surface area contributed by atoms with Gasteiger partial charge in [-0.3, -0.25) is 4.79 Å². The van der Waals surface area contributed by atoms with Crippen molar-refractivity contribution in [2.24, 2.45) is 11.7 Å². The van der Waals surface area contributed by atoms with Gasteiger partial charge < -0.3 is 15.2 Å². The number of rotatable bonds is 7. The maximum atomic E-state index is 12.7. The van der Waals surface area contributed by atoms with Crippen molar-refractivity contribution in [3.63, 3.8) is 0 Å². The van der Waals surface area contributed by atoms with Crippen molar-refractivity contribution >= 4 is 16.0 Å². The minimum Gasteiger partial charge on any atom is -0.473 e. The number of sulfonamides is 1. The summed E-state index contributed by atoms with van der Waals surface area (Å²) in [4.78, 5) is 15.5. The second-order valence-electron chi connectivity index (χ2n) is 5.79. The first-order chi connectivity index (χ1) is 12.4. The van der Waals surface area contributed by atoms with Gasteiger partial charge in [0, 0.05) is 31.3 Å². The topological polar surface area (TPSA) is 112 Å². The van der Waals surface area contributed by atoms with Crippen molar-refractivity contribution in [1.82, 2.24) is 9.29 Å². The van der Waals surface area contributed by atoms with Gasteiger partial charge in [-0.2, -0.15) is 4.31 Å². The molecule has 0 saturated carbocycles. The fourth-order valence-electron chi connectivity index (χ4n) is 2.55. The fraction of sp³-hybridized carbons (Fsp3) is 0.500. The molecular formula is C16H22FN3O5S. The van der Waals surface area contributed by atoms with Crippen molar-refractivity contribution in [2.45, 2.75) is 17.7 Å². The molecule has 2 rings (SSSR count). The van der Waals surface area contributed by atoms with E-state index < -0.39 is 10.0 Å². The van der Waals surface area contributed by atoms with Gasteiger partial charge in [-0.1, -0.05) is 0 Å². The molecule has 0 aliphatic carbocycles. The summed E-state index contributed by atoms with van der Waals surface area (Å²) in [6.45, 7) is 0.431. The molecule has 1 saturated heterocycles. The van der Waals surface area contributed by atoms with Crippen LogP contribution in [-0.2, 0) is 19.6 Å². The number of esters is 1. The Hall–Kier alpha value is -2.04. The zero-order chi connectivity index (χ0) is 19.2. The molecule has 1 aliphatic rings. The highest BCUT2D eigenvalue weighted by Gasteiger charge is 2.32. The monoisotopic (exact) mass is 387 g/mol. The van der Waals surface area contributed by atoms with Crippen molar-refractivity contribution in [3.05, 3.63) is 30.2 Å². The smallest absolute Gasteiger partial charge is 0.308 e. The summed E-state index contributed by atoms with van der Waals surface area (Å²) in [6.07, 6.45) is 2.39. The van der Waals surface area contributed by atoms with Crippen molar-refractivity contribution in [3.8, 4) is 5.88 Å². The predicted octanol–water partition coefficient (Wildman–Crippen LogP) is 0.846. The molecule has 0 bridgehead atoms. The van der Waals surface area contributed by atoms with Gasteiger partial charge in [-0.05, 0) is 18.9 Å². The van der Waals surface area contributed by atoms with Crippen molar-refractivity contribution < 1.29 is 27.1 Å². The minimum absolute atomic E-state index is 0.0183. The molecule has 2 heterocycles. The number of piperidine rings is 1. The first-order valence-electron chi connectivity index (χ1n) is 8.07. The predicted molar refractivity (Wildman–Crippen MR) is 91.5 cm³/mol. The quantitative estimate of drug-likeness (QED) is 0.690. The third kappa shape index (κ3) is 4.77. The van der Waals surface area contributed by atoms with Gasteiger partial charge >= 0.3 is 5.97 Å². The largest absolute Gasteiger partial charge is 0.473 e. The average molecular weight is 387 g/mol. The maximum Gasteiger partial charge on any atom is 0.308 e. The summed E-state index contributed by atoms with van der Waals surface area (Å²) in [5.74, 6) is -0.425. The Bertz CT molecular complexity index is 744. The van der Waals surface area contributed by atoms with Crippen LogP contribution < -0.4 is 10.5 Å². The Labute approximate surface area is 151 Å². The third-order valence-corrected chi connectivity index (χ3v) is 6.04. The minimum atomic E-state index is -3.70. The van der Waals surface area contributed by atoms with E-state index in [1.807, 2.05) is 0 Å². The lowest BCUT2D eigenvalue weighted by Gasteiger charge is -2.29. The van der Waals surface area contributed by atoms with Crippen LogP contribution in [0.5, 0.6) is 5.88 Å². The van der Waals surface area contributed by atoms with E-state index >= 15 is 0 Å². The summed E-state index contributed by atoms with van der Waals surface area (Å²) < 4.78 is 49.0. The van der Waals surface area contributed by atoms with Crippen LogP contribution in [0.4, 0.5) is 4.39 Å². The average Bonchev–Trinajstić information content (AvgIpc) is 2.68. The molecule has 1 fully saturated rings. The van der Waals surface area contributed by atoms with Crippen LogP contribution >= 0.6 is 0 Å². The van der Waals surface area contributed by atoms with E-state index in [2.05, 4.69) is 4.98 Å². The highest BCUT2D eigenvalue weighted by atomic mass is 32.2. The van der Waals surface area contributed by atoms with Crippen molar-refractivity contribution in [1.29, 1.82) is 0 Å². The Balaban J connectivity index is 2.00. The fourth-order valence-corrected chi connectivity index (χ4v) is 3.97. The normalized spacial score (nSPS) is 17.1. The Morgan fingerprint density at radius 3 is 2.62 bits per heavy atom. The van der Waals surface area contributed by atoms with Crippen LogP contribution in [0.1, 0.15) is 12.8 Å². The van der Waals surface area contributed by atoms with Gasteiger partial charge in [0.25, 0.3) is 0 Å². The molecule has 1 aromatic heterocycles. The standard InChI is InChI=1S/C16H22FN3O5S/c1-24-16(21)13-4-6-20(7-5-13)26(22,23)14-2-3-15(19-10-14)25-11-12(8-17)9-18/h2-3,8,10,13H,4-7,9,11,18H2,1H3/b12-8-. The lowest BCUT2D eigenvalue weighted by Crippen LogP contribution is -2.40. The van der Waals surface area contributed by atoms with Gasteiger partial charge in [0.15, 0.2) is 0 Å². The number of nitrogens with zero attached hydrogens (tertiary/aromatic N) is 2. The summed E-state index contributed by atoms with van der Waals surface area (Å²) in [7, 11) is -2.38. The van der Waals surface area contributed by atoms with Crippen LogP contribution in [-0.4, -0.2) is 57.0 Å². The first-order valence-corrected chi connectivity index (χ1v) is 9.51. The third-order valence-electron chi connectivity index (χ3n) is 4.16. The second kappa shape index (κ2) is 9.06. The number of hydrogen-bond acceptors (Lipinski definition) is 7. The Kier molecular flexibility index (Phi) is 7.06. The summed E-state index contributed by atoms with van der Waals surface area (Å²) in [5, 5.41) is 0. The molecular weight excluding hydrogens is 365 g/mol. The number of halogens is 1. The molecule has 0 radical (unpaired) electrons. The highest BCUT2D eigenvalue weighted by molar-refractivity contribution is 7.89. The summed E-state index contributed by atoms with van der Waals surface area (Å²) >= 11 is 0. The second-order valence-corrected chi connectivity index (χ2v) is 7.73. The Morgan fingerprint density at radius 2 is 2.12 bits per heavy atom. The number of aromatic nitrogens is 1. The molecule has 0 spiro atoms. The van der Waals surface area contributed by atoms with E-state index in [4.69, 9.17) is 15.2 Å². The van der Waals surface area contributed by atoms with E-state index in [-0.39, 0.29) is 54.5 Å².